The largest absolute Gasteiger partial charge is 0.451 e. The Morgan fingerprint density at radius 3 is 2.18 bits per heavy atom. The second-order valence-corrected chi connectivity index (χ2v) is 4.12. The van der Waals surface area contributed by atoms with E-state index in [0.717, 1.165) is 18.3 Å². The number of hydrogen-bond donors (Lipinski definition) is 1. The fourth-order valence-electron chi connectivity index (χ4n) is 1.69. The molecule has 8 heteroatoms. The summed E-state index contributed by atoms with van der Waals surface area (Å²) in [5.41, 5.74) is -2.28. The summed E-state index contributed by atoms with van der Waals surface area (Å²) in [5, 5.41) is 17.6. The normalized spacial score (nSPS) is 10.6. The van der Waals surface area contributed by atoms with Crippen LogP contribution in [0.15, 0.2) is 35.3 Å². The lowest BCUT2D eigenvalue weighted by atomic mass is 10.1. The monoisotopic (exact) mass is 305 g/mol. The van der Waals surface area contributed by atoms with Crippen molar-refractivity contribution in [2.75, 3.05) is 0 Å². The summed E-state index contributed by atoms with van der Waals surface area (Å²) in [6.07, 6.45) is -3.93. The van der Waals surface area contributed by atoms with E-state index < -0.39 is 23.0 Å². The summed E-state index contributed by atoms with van der Waals surface area (Å²) in [4.78, 5) is 13.7. The molecule has 2 rings (SSSR count). The lowest BCUT2D eigenvalue weighted by Crippen LogP contribution is -2.16. The number of rotatable bonds is 2. The SMILES string of the molecule is N#Cc1cc(C#N)cc(Oc2c(C(F)(F)F)cc[nH]c2=O)c1. The Morgan fingerprint density at radius 2 is 1.68 bits per heavy atom. The van der Waals surface area contributed by atoms with Gasteiger partial charge in [-0.25, -0.2) is 0 Å². The number of halogens is 3. The van der Waals surface area contributed by atoms with Gasteiger partial charge in [-0.2, -0.15) is 23.7 Å². The molecule has 0 spiro atoms. The van der Waals surface area contributed by atoms with Gasteiger partial charge in [-0.15, -0.1) is 0 Å². The van der Waals surface area contributed by atoms with Crippen molar-refractivity contribution in [2.45, 2.75) is 6.18 Å². The minimum Gasteiger partial charge on any atom is -0.451 e. The van der Waals surface area contributed by atoms with Crippen molar-refractivity contribution in [3.63, 3.8) is 0 Å². The van der Waals surface area contributed by atoms with E-state index >= 15 is 0 Å². The molecule has 0 fully saturated rings. The molecule has 0 saturated carbocycles. The average molecular weight is 305 g/mol. The van der Waals surface area contributed by atoms with Gasteiger partial charge in [0.1, 0.15) is 11.3 Å². The minimum atomic E-state index is -4.78. The zero-order valence-electron chi connectivity index (χ0n) is 10.7. The second-order valence-electron chi connectivity index (χ2n) is 4.12. The average Bonchev–Trinajstić information content (AvgIpc) is 2.47. The van der Waals surface area contributed by atoms with Crippen LogP contribution in [0.1, 0.15) is 16.7 Å². The Hall–Kier alpha value is -3.26. The summed E-state index contributed by atoms with van der Waals surface area (Å²) < 4.78 is 43.6. The molecule has 0 unspecified atom stereocenters. The van der Waals surface area contributed by atoms with Gasteiger partial charge in [-0.1, -0.05) is 0 Å². The number of hydrogen-bond acceptors (Lipinski definition) is 4. The van der Waals surface area contributed by atoms with Gasteiger partial charge in [0, 0.05) is 6.20 Å². The molecule has 5 nitrogen and oxygen atoms in total. The van der Waals surface area contributed by atoms with Gasteiger partial charge in [0.05, 0.1) is 23.3 Å². The van der Waals surface area contributed by atoms with Crippen molar-refractivity contribution in [2.24, 2.45) is 0 Å². The van der Waals surface area contributed by atoms with E-state index in [4.69, 9.17) is 15.3 Å². The van der Waals surface area contributed by atoms with E-state index in [0.29, 0.717) is 6.07 Å². The first-order chi connectivity index (χ1) is 10.3. The Kier molecular flexibility index (Phi) is 3.87. The van der Waals surface area contributed by atoms with Crippen molar-refractivity contribution in [1.29, 1.82) is 10.5 Å². The third kappa shape index (κ3) is 3.07. The molecule has 2 aromatic rings. The maximum absolute atomic E-state index is 12.9. The number of nitriles is 2. The van der Waals surface area contributed by atoms with E-state index in [1.807, 2.05) is 0 Å². The van der Waals surface area contributed by atoms with Gasteiger partial charge in [0.2, 0.25) is 5.75 Å². The van der Waals surface area contributed by atoms with Crippen LogP contribution >= 0.6 is 0 Å². The number of alkyl halides is 3. The summed E-state index contributed by atoms with van der Waals surface area (Å²) in [6, 6.07) is 7.67. The highest BCUT2D eigenvalue weighted by Gasteiger charge is 2.36. The second kappa shape index (κ2) is 5.62. The molecule has 0 bridgehead atoms. The minimum absolute atomic E-state index is 0.0231. The molecule has 0 aliphatic carbocycles. The molecular formula is C14H6F3N3O2. The van der Waals surface area contributed by atoms with Crippen LogP contribution in [-0.2, 0) is 6.18 Å². The fraction of sp³-hybridized carbons (Fsp3) is 0.0714. The highest BCUT2D eigenvalue weighted by molar-refractivity contribution is 5.47. The lowest BCUT2D eigenvalue weighted by Gasteiger charge is -2.12. The number of aromatic amines is 1. The summed E-state index contributed by atoms with van der Waals surface area (Å²) in [5.74, 6) is -1.16. The number of benzene rings is 1. The quantitative estimate of drug-likeness (QED) is 0.923. The first-order valence-corrected chi connectivity index (χ1v) is 5.77. The van der Waals surface area contributed by atoms with Crippen LogP contribution in [0.2, 0.25) is 0 Å². The van der Waals surface area contributed by atoms with Crippen LogP contribution in [-0.4, -0.2) is 4.98 Å². The van der Waals surface area contributed by atoms with E-state index in [2.05, 4.69) is 4.98 Å². The van der Waals surface area contributed by atoms with E-state index in [1.54, 1.807) is 12.1 Å². The molecule has 1 N–H and O–H groups in total. The molecule has 0 amide bonds. The molecular weight excluding hydrogens is 299 g/mol. The molecule has 0 radical (unpaired) electrons. The molecule has 0 atom stereocenters. The molecule has 0 aliphatic rings. The van der Waals surface area contributed by atoms with Gasteiger partial charge in [-0.05, 0) is 24.3 Å². The smallest absolute Gasteiger partial charge is 0.420 e. The van der Waals surface area contributed by atoms with Gasteiger partial charge in [-0.3, -0.25) is 4.79 Å². The number of ether oxygens (including phenoxy) is 1. The van der Waals surface area contributed by atoms with Crippen molar-refractivity contribution >= 4 is 0 Å². The molecule has 1 heterocycles. The Morgan fingerprint density at radius 1 is 1.09 bits per heavy atom. The van der Waals surface area contributed by atoms with Crippen molar-refractivity contribution in [3.8, 4) is 23.6 Å². The van der Waals surface area contributed by atoms with E-state index in [9.17, 15) is 18.0 Å². The lowest BCUT2D eigenvalue weighted by molar-refractivity contribution is -0.138. The highest BCUT2D eigenvalue weighted by Crippen LogP contribution is 2.35. The standard InChI is InChI=1S/C14H6F3N3O2/c15-14(16,17)11-1-2-20-13(21)12(11)22-10-4-8(6-18)3-9(5-10)7-19/h1-5H,(H,20,21). The molecule has 22 heavy (non-hydrogen) atoms. The number of pyridine rings is 1. The van der Waals surface area contributed by atoms with Crippen LogP contribution in [0.5, 0.6) is 11.5 Å². The Balaban J connectivity index is 2.56. The number of H-pyrrole nitrogens is 1. The van der Waals surface area contributed by atoms with Crippen LogP contribution in [0.4, 0.5) is 13.2 Å². The molecule has 110 valence electrons. The summed E-state index contributed by atoms with van der Waals surface area (Å²) in [6.45, 7) is 0. The van der Waals surface area contributed by atoms with Crippen molar-refractivity contribution < 1.29 is 17.9 Å². The van der Waals surface area contributed by atoms with Crippen molar-refractivity contribution in [3.05, 3.63) is 57.5 Å². The maximum atomic E-state index is 12.9. The third-order valence-corrected chi connectivity index (χ3v) is 2.61. The first-order valence-electron chi connectivity index (χ1n) is 5.77. The predicted molar refractivity (Wildman–Crippen MR) is 68.0 cm³/mol. The molecule has 1 aromatic heterocycles. The zero-order valence-corrected chi connectivity index (χ0v) is 10.7. The number of aromatic nitrogens is 1. The third-order valence-electron chi connectivity index (χ3n) is 2.61. The zero-order chi connectivity index (χ0) is 16.3. The van der Waals surface area contributed by atoms with Gasteiger partial charge in [0.15, 0.2) is 0 Å². The summed E-state index contributed by atoms with van der Waals surface area (Å²) >= 11 is 0. The van der Waals surface area contributed by atoms with Crippen LogP contribution in [0.25, 0.3) is 0 Å². The van der Waals surface area contributed by atoms with E-state index in [1.165, 1.54) is 6.07 Å². The maximum Gasteiger partial charge on any atom is 0.420 e. The summed E-state index contributed by atoms with van der Waals surface area (Å²) in [7, 11) is 0. The molecule has 1 aromatic carbocycles. The van der Waals surface area contributed by atoms with Crippen LogP contribution in [0, 0.1) is 22.7 Å². The van der Waals surface area contributed by atoms with Gasteiger partial charge < -0.3 is 9.72 Å². The highest BCUT2D eigenvalue weighted by atomic mass is 19.4. The Labute approximate surface area is 121 Å². The number of nitrogens with one attached hydrogen (secondary N) is 1. The van der Waals surface area contributed by atoms with Crippen LogP contribution < -0.4 is 10.3 Å². The Bertz CT molecular complexity index is 825. The molecule has 0 saturated heterocycles. The predicted octanol–water partition coefficient (Wildman–Crippen LogP) is 2.93. The number of nitrogens with zero attached hydrogens (tertiary/aromatic N) is 2. The van der Waals surface area contributed by atoms with Gasteiger partial charge in [0.25, 0.3) is 5.56 Å². The van der Waals surface area contributed by atoms with Gasteiger partial charge >= 0.3 is 6.18 Å². The van der Waals surface area contributed by atoms with E-state index in [-0.39, 0.29) is 16.9 Å². The van der Waals surface area contributed by atoms with Crippen LogP contribution in [0.3, 0.4) is 0 Å². The fourth-order valence-corrected chi connectivity index (χ4v) is 1.69. The topological polar surface area (TPSA) is 89.7 Å². The molecule has 0 aliphatic heterocycles. The first kappa shape index (κ1) is 15.1. The van der Waals surface area contributed by atoms with Crippen molar-refractivity contribution in [1.82, 2.24) is 4.98 Å².